The van der Waals surface area contributed by atoms with Gasteiger partial charge in [-0.2, -0.15) is 9.78 Å². The number of ether oxygens (including phenoxy) is 2. The minimum Gasteiger partial charge on any atom is -0.490 e. The lowest BCUT2D eigenvalue weighted by atomic mass is 10.1. The highest BCUT2D eigenvalue weighted by Gasteiger charge is 2.13. The van der Waals surface area contributed by atoms with Crippen molar-refractivity contribution in [1.29, 1.82) is 0 Å². The molecule has 4 aromatic rings. The van der Waals surface area contributed by atoms with Crippen LogP contribution in [0.1, 0.15) is 36.4 Å². The molecular weight excluding hydrogens is 574 g/mol. The Kier molecular flexibility index (Phi) is 8.03. The molecule has 0 fully saturated rings. The van der Waals surface area contributed by atoms with Crippen LogP contribution in [0.15, 0.2) is 73.4 Å². The summed E-state index contributed by atoms with van der Waals surface area (Å²) in [6, 6.07) is 17.4. The number of halogens is 2. The third-order valence-corrected chi connectivity index (χ3v) is 6.43. The predicted octanol–water partition coefficient (Wildman–Crippen LogP) is 6.65. The van der Waals surface area contributed by atoms with E-state index in [1.807, 2.05) is 50.2 Å². The predicted molar refractivity (Wildman–Crippen MR) is 147 cm³/mol. The van der Waals surface area contributed by atoms with Crippen LogP contribution in [0.25, 0.3) is 10.9 Å². The standard InChI is InChI=1S/C27H25Br2N3O3/c1-4-25-31-23-11-10-20(28)14-21(23)27(33)32(25)30-15-19-12-22(29)26(24(13-19)34-5-2)35-16-18-8-6-17(3)7-9-18/h6-15H,4-5,16H2,1-3H3. The molecule has 0 unspecified atom stereocenters. The van der Waals surface area contributed by atoms with Gasteiger partial charge in [0, 0.05) is 10.9 Å². The fourth-order valence-corrected chi connectivity index (χ4v) is 4.51. The van der Waals surface area contributed by atoms with Crippen LogP contribution in [0.5, 0.6) is 11.5 Å². The van der Waals surface area contributed by atoms with E-state index in [1.54, 1.807) is 12.3 Å². The van der Waals surface area contributed by atoms with Crippen molar-refractivity contribution in [2.45, 2.75) is 33.8 Å². The average Bonchev–Trinajstić information content (AvgIpc) is 2.84. The number of benzene rings is 3. The van der Waals surface area contributed by atoms with Gasteiger partial charge in [0.05, 0.1) is 28.2 Å². The number of rotatable bonds is 8. The van der Waals surface area contributed by atoms with E-state index < -0.39 is 0 Å². The van der Waals surface area contributed by atoms with Crippen LogP contribution < -0.4 is 15.0 Å². The molecule has 0 amide bonds. The highest BCUT2D eigenvalue weighted by molar-refractivity contribution is 9.10. The molecule has 0 aliphatic carbocycles. The number of hydrogen-bond acceptors (Lipinski definition) is 5. The first-order chi connectivity index (χ1) is 16.9. The average molecular weight is 599 g/mol. The Labute approximate surface area is 220 Å². The first kappa shape index (κ1) is 25.1. The fourth-order valence-electron chi connectivity index (χ4n) is 3.57. The first-order valence-electron chi connectivity index (χ1n) is 11.3. The van der Waals surface area contributed by atoms with Gasteiger partial charge in [0.2, 0.25) is 0 Å². The summed E-state index contributed by atoms with van der Waals surface area (Å²) in [5.74, 6) is 1.80. The normalized spacial score (nSPS) is 11.3. The molecular formula is C27H25Br2N3O3. The summed E-state index contributed by atoms with van der Waals surface area (Å²) in [6.07, 6.45) is 2.20. The zero-order chi connectivity index (χ0) is 24.9. The van der Waals surface area contributed by atoms with Crippen LogP contribution in [-0.2, 0) is 13.0 Å². The second kappa shape index (κ2) is 11.2. The van der Waals surface area contributed by atoms with Crippen molar-refractivity contribution in [2.75, 3.05) is 6.61 Å². The monoisotopic (exact) mass is 597 g/mol. The van der Waals surface area contributed by atoms with Crippen molar-refractivity contribution >= 4 is 49.0 Å². The molecule has 1 heterocycles. The second-order valence-corrected chi connectivity index (χ2v) is 9.71. The number of nitrogens with zero attached hydrogens (tertiary/aromatic N) is 3. The number of aryl methyl sites for hydroxylation is 2. The van der Waals surface area contributed by atoms with Gasteiger partial charge in [-0.25, -0.2) is 4.98 Å². The topological polar surface area (TPSA) is 65.7 Å². The first-order valence-corrected chi connectivity index (χ1v) is 12.9. The lowest BCUT2D eigenvalue weighted by molar-refractivity contribution is 0.267. The Morgan fingerprint density at radius 3 is 2.51 bits per heavy atom. The van der Waals surface area contributed by atoms with Crippen molar-refractivity contribution in [2.24, 2.45) is 5.10 Å². The Morgan fingerprint density at radius 1 is 1.03 bits per heavy atom. The summed E-state index contributed by atoms with van der Waals surface area (Å²) in [7, 11) is 0. The Bertz CT molecular complexity index is 1450. The number of hydrogen-bond donors (Lipinski definition) is 0. The summed E-state index contributed by atoms with van der Waals surface area (Å²) >= 11 is 7.03. The van der Waals surface area contributed by atoms with E-state index in [9.17, 15) is 4.79 Å². The molecule has 180 valence electrons. The molecule has 4 rings (SSSR count). The van der Waals surface area contributed by atoms with Crippen LogP contribution in [0.4, 0.5) is 0 Å². The molecule has 0 spiro atoms. The largest absolute Gasteiger partial charge is 0.490 e. The molecule has 0 saturated carbocycles. The Hall–Kier alpha value is -2.97. The van der Waals surface area contributed by atoms with Gasteiger partial charge in [-0.05, 0) is 71.2 Å². The summed E-state index contributed by atoms with van der Waals surface area (Å²) in [5, 5.41) is 4.99. The fraction of sp³-hybridized carbons (Fsp3) is 0.222. The minimum absolute atomic E-state index is 0.216. The summed E-state index contributed by atoms with van der Waals surface area (Å²) in [5.41, 5.74) is 3.46. The van der Waals surface area contributed by atoms with Crippen LogP contribution in [0, 0.1) is 6.92 Å². The van der Waals surface area contributed by atoms with Gasteiger partial charge in [-0.15, -0.1) is 0 Å². The summed E-state index contributed by atoms with van der Waals surface area (Å²) < 4.78 is 14.9. The maximum absolute atomic E-state index is 13.1. The van der Waals surface area contributed by atoms with Crippen LogP contribution >= 0.6 is 31.9 Å². The highest BCUT2D eigenvalue weighted by Crippen LogP contribution is 2.37. The van der Waals surface area contributed by atoms with E-state index in [1.165, 1.54) is 10.2 Å². The lowest BCUT2D eigenvalue weighted by Gasteiger charge is -2.15. The van der Waals surface area contributed by atoms with Gasteiger partial charge in [0.25, 0.3) is 5.56 Å². The summed E-state index contributed by atoms with van der Waals surface area (Å²) in [6.45, 7) is 6.82. The maximum atomic E-state index is 13.1. The van der Waals surface area contributed by atoms with E-state index >= 15 is 0 Å². The maximum Gasteiger partial charge on any atom is 0.282 e. The molecule has 0 radical (unpaired) electrons. The lowest BCUT2D eigenvalue weighted by Crippen LogP contribution is -2.22. The summed E-state index contributed by atoms with van der Waals surface area (Å²) in [4.78, 5) is 17.8. The molecule has 0 N–H and O–H groups in total. The van der Waals surface area contributed by atoms with E-state index in [2.05, 4.69) is 61.0 Å². The third-order valence-electron chi connectivity index (χ3n) is 5.35. The quantitative estimate of drug-likeness (QED) is 0.213. The second-order valence-electron chi connectivity index (χ2n) is 7.94. The molecule has 3 aromatic carbocycles. The van der Waals surface area contributed by atoms with E-state index in [-0.39, 0.29) is 5.56 Å². The van der Waals surface area contributed by atoms with Crippen molar-refractivity contribution in [1.82, 2.24) is 9.66 Å². The zero-order valence-electron chi connectivity index (χ0n) is 19.7. The molecule has 0 bridgehead atoms. The van der Waals surface area contributed by atoms with Crippen molar-refractivity contribution in [3.05, 3.63) is 96.4 Å². The molecule has 0 aliphatic rings. The number of aromatic nitrogens is 2. The number of fused-ring (bicyclic) bond motifs is 1. The van der Waals surface area contributed by atoms with Gasteiger partial charge in [0.15, 0.2) is 11.5 Å². The Balaban J connectivity index is 1.67. The van der Waals surface area contributed by atoms with Gasteiger partial charge >= 0.3 is 0 Å². The highest BCUT2D eigenvalue weighted by atomic mass is 79.9. The van der Waals surface area contributed by atoms with Crippen molar-refractivity contribution < 1.29 is 9.47 Å². The smallest absolute Gasteiger partial charge is 0.282 e. The van der Waals surface area contributed by atoms with Gasteiger partial charge in [0.1, 0.15) is 12.4 Å². The molecule has 6 nitrogen and oxygen atoms in total. The van der Waals surface area contributed by atoms with Gasteiger partial charge in [-0.3, -0.25) is 4.79 Å². The van der Waals surface area contributed by atoms with E-state index in [4.69, 9.17) is 9.47 Å². The van der Waals surface area contributed by atoms with Crippen molar-refractivity contribution in [3.63, 3.8) is 0 Å². The SMILES string of the molecule is CCOc1cc(C=Nn2c(CC)nc3ccc(Br)cc3c2=O)cc(Br)c1OCc1ccc(C)cc1. The van der Waals surface area contributed by atoms with Crippen molar-refractivity contribution in [3.8, 4) is 11.5 Å². The van der Waals surface area contributed by atoms with Crippen LogP contribution in [-0.4, -0.2) is 22.5 Å². The molecule has 35 heavy (non-hydrogen) atoms. The van der Waals surface area contributed by atoms with Crippen LogP contribution in [0.3, 0.4) is 0 Å². The van der Waals surface area contributed by atoms with Crippen LogP contribution in [0.2, 0.25) is 0 Å². The third kappa shape index (κ3) is 5.82. The molecule has 1 aromatic heterocycles. The van der Waals surface area contributed by atoms with E-state index in [0.29, 0.717) is 47.9 Å². The minimum atomic E-state index is -0.216. The Morgan fingerprint density at radius 2 is 1.80 bits per heavy atom. The molecule has 0 saturated heterocycles. The molecule has 0 atom stereocenters. The zero-order valence-corrected chi connectivity index (χ0v) is 22.9. The van der Waals surface area contributed by atoms with E-state index in [0.717, 1.165) is 20.1 Å². The molecule has 8 heteroatoms. The molecule has 0 aliphatic heterocycles. The van der Waals surface area contributed by atoms with Gasteiger partial charge in [-0.1, -0.05) is 52.7 Å². The van der Waals surface area contributed by atoms with Gasteiger partial charge < -0.3 is 9.47 Å².